The summed E-state index contributed by atoms with van der Waals surface area (Å²) in [7, 11) is -1.77. The van der Waals surface area contributed by atoms with Crippen LogP contribution in [0.5, 0.6) is 17.2 Å². The van der Waals surface area contributed by atoms with E-state index in [2.05, 4.69) is 14.7 Å². The Kier molecular flexibility index (Phi) is 9.37. The van der Waals surface area contributed by atoms with Gasteiger partial charge in [-0.15, -0.1) is 0 Å². The third kappa shape index (κ3) is 6.71. The number of piperidine rings is 1. The number of rotatable bonds is 11. The molecule has 5 rings (SSSR count). The van der Waals surface area contributed by atoms with E-state index in [0.717, 1.165) is 27.5 Å². The summed E-state index contributed by atoms with van der Waals surface area (Å²) >= 11 is 0.782. The van der Waals surface area contributed by atoms with E-state index in [4.69, 9.17) is 14.2 Å². The van der Waals surface area contributed by atoms with Crippen LogP contribution < -0.4 is 23.8 Å². The number of hydrogen-bond acceptors (Lipinski definition) is 9. The average Bonchev–Trinajstić information content (AvgIpc) is 3.55. The number of ether oxygens (including phenoxy) is 3. The molecule has 1 N–H and O–H groups in total. The minimum absolute atomic E-state index is 0.0303. The van der Waals surface area contributed by atoms with Crippen molar-refractivity contribution < 1.29 is 35.8 Å². The molecule has 0 saturated carbocycles. The van der Waals surface area contributed by atoms with Gasteiger partial charge in [-0.25, -0.2) is 30.9 Å². The van der Waals surface area contributed by atoms with Crippen molar-refractivity contribution in [2.24, 2.45) is 5.92 Å². The number of hydrogen-bond donors (Lipinski definition) is 1. The molecule has 1 aliphatic heterocycles. The molecule has 1 aliphatic rings. The molecule has 228 valence electrons. The van der Waals surface area contributed by atoms with Gasteiger partial charge in [-0.05, 0) is 42.8 Å². The van der Waals surface area contributed by atoms with E-state index in [1.165, 1.54) is 32.7 Å². The van der Waals surface area contributed by atoms with Crippen molar-refractivity contribution >= 4 is 26.7 Å². The predicted octanol–water partition coefficient (Wildman–Crippen LogP) is 5.14. The Morgan fingerprint density at radius 2 is 1.79 bits per heavy atom. The molecule has 0 unspecified atom stereocenters. The zero-order chi connectivity index (χ0) is 30.6. The van der Waals surface area contributed by atoms with Gasteiger partial charge in [-0.1, -0.05) is 12.1 Å². The van der Waals surface area contributed by atoms with Crippen LogP contribution in [-0.2, 0) is 16.6 Å². The molecule has 0 amide bonds. The Labute approximate surface area is 251 Å². The van der Waals surface area contributed by atoms with Gasteiger partial charge in [0.2, 0.25) is 5.13 Å². The molecule has 2 heterocycles. The molecule has 0 spiro atoms. The van der Waals surface area contributed by atoms with Crippen molar-refractivity contribution in [3.8, 4) is 17.2 Å². The second-order valence-corrected chi connectivity index (χ2v) is 12.4. The number of sulfonamides is 1. The van der Waals surface area contributed by atoms with Gasteiger partial charge >= 0.3 is 0 Å². The Balaban J connectivity index is 1.40. The number of benzene rings is 3. The summed E-state index contributed by atoms with van der Waals surface area (Å²) in [6.07, 6.45) is 1.87. The summed E-state index contributed by atoms with van der Waals surface area (Å²) in [5, 5.41) is 3.25. The Morgan fingerprint density at radius 1 is 1.00 bits per heavy atom. The monoisotopic (exact) mass is 634 g/mol. The molecular formula is C29H29F3N4O5S2. The normalized spacial score (nSPS) is 17.0. The Hall–Kier alpha value is -3.88. The van der Waals surface area contributed by atoms with Gasteiger partial charge in [0.1, 0.15) is 34.4 Å². The van der Waals surface area contributed by atoms with E-state index in [-0.39, 0.29) is 35.9 Å². The van der Waals surface area contributed by atoms with E-state index in [0.29, 0.717) is 42.6 Å². The van der Waals surface area contributed by atoms with E-state index < -0.39 is 32.3 Å². The quantitative estimate of drug-likeness (QED) is 0.242. The molecule has 9 nitrogen and oxygen atoms in total. The van der Waals surface area contributed by atoms with Crippen LogP contribution in [0.25, 0.3) is 0 Å². The van der Waals surface area contributed by atoms with Crippen molar-refractivity contribution in [2.75, 3.05) is 38.2 Å². The summed E-state index contributed by atoms with van der Waals surface area (Å²) in [6.45, 7) is 1.08. The number of methoxy groups -OCH3 is 2. The minimum Gasteiger partial charge on any atom is -0.497 e. The third-order valence-corrected chi connectivity index (χ3v) is 9.86. The lowest BCUT2D eigenvalue weighted by Crippen LogP contribution is -2.37. The van der Waals surface area contributed by atoms with Gasteiger partial charge in [-0.3, -0.25) is 0 Å². The Bertz CT molecular complexity index is 1660. The lowest BCUT2D eigenvalue weighted by molar-refractivity contribution is 0.187. The molecule has 14 heteroatoms. The number of nitrogens with zero attached hydrogens (tertiary/aromatic N) is 3. The van der Waals surface area contributed by atoms with Crippen LogP contribution in [0.1, 0.15) is 23.5 Å². The predicted molar refractivity (Wildman–Crippen MR) is 155 cm³/mol. The zero-order valence-electron chi connectivity index (χ0n) is 23.3. The maximum atomic E-state index is 15.5. The van der Waals surface area contributed by atoms with Crippen LogP contribution >= 0.6 is 11.5 Å². The molecule has 43 heavy (non-hydrogen) atoms. The first kappa shape index (κ1) is 30.6. The summed E-state index contributed by atoms with van der Waals surface area (Å²) < 4.78 is 92.9. The van der Waals surface area contributed by atoms with E-state index in [9.17, 15) is 12.8 Å². The first-order chi connectivity index (χ1) is 20.7. The topological polar surface area (TPSA) is 103 Å². The number of anilines is 1. The maximum Gasteiger partial charge on any atom is 0.269 e. The van der Waals surface area contributed by atoms with E-state index >= 15 is 8.78 Å². The minimum atomic E-state index is -4.67. The lowest BCUT2D eigenvalue weighted by Gasteiger charge is -2.32. The SMILES string of the molecule is COc1ccc(CN(c2ncns2)S(=O)(=O)c2cc(F)c(OC[C@@H]3CCNC[C@H]3c3ccc(F)cc3)cc2F)c(OC)c1. The van der Waals surface area contributed by atoms with Crippen molar-refractivity contribution in [3.63, 3.8) is 0 Å². The Morgan fingerprint density at radius 3 is 2.49 bits per heavy atom. The molecule has 1 fully saturated rings. The van der Waals surface area contributed by atoms with Crippen molar-refractivity contribution in [1.29, 1.82) is 0 Å². The second kappa shape index (κ2) is 13.2. The second-order valence-electron chi connectivity index (χ2n) is 9.85. The van der Waals surface area contributed by atoms with Crippen LogP contribution in [0.3, 0.4) is 0 Å². The molecule has 3 aromatic carbocycles. The number of halogens is 3. The third-order valence-electron chi connectivity index (χ3n) is 7.30. The molecule has 2 atom stereocenters. The fraction of sp³-hybridized carbons (Fsp3) is 0.310. The van der Waals surface area contributed by atoms with Crippen LogP contribution in [0.4, 0.5) is 18.3 Å². The average molecular weight is 635 g/mol. The van der Waals surface area contributed by atoms with Gasteiger partial charge in [0, 0.05) is 53.7 Å². The highest BCUT2D eigenvalue weighted by molar-refractivity contribution is 7.93. The zero-order valence-corrected chi connectivity index (χ0v) is 24.9. The number of nitrogens with one attached hydrogen (secondary N) is 1. The molecule has 0 aliphatic carbocycles. The summed E-state index contributed by atoms with van der Waals surface area (Å²) in [4.78, 5) is 3.12. The van der Waals surface area contributed by atoms with Gasteiger partial charge in [-0.2, -0.15) is 4.37 Å². The van der Waals surface area contributed by atoms with Crippen molar-refractivity contribution in [1.82, 2.24) is 14.7 Å². The first-order valence-electron chi connectivity index (χ1n) is 13.3. The van der Waals surface area contributed by atoms with Crippen molar-refractivity contribution in [3.05, 3.63) is 89.5 Å². The summed E-state index contributed by atoms with van der Waals surface area (Å²) in [6, 6.07) is 12.3. The van der Waals surface area contributed by atoms with Crippen molar-refractivity contribution in [2.45, 2.75) is 23.8 Å². The van der Waals surface area contributed by atoms with Crippen LogP contribution in [0, 0.1) is 23.4 Å². The summed E-state index contributed by atoms with van der Waals surface area (Å²) in [5.74, 6) is -2.26. The maximum absolute atomic E-state index is 15.5. The van der Waals surface area contributed by atoms with Gasteiger partial charge < -0.3 is 19.5 Å². The van der Waals surface area contributed by atoms with Gasteiger partial charge in [0.25, 0.3) is 10.0 Å². The summed E-state index contributed by atoms with van der Waals surface area (Å²) in [5.41, 5.74) is 1.33. The first-order valence-corrected chi connectivity index (χ1v) is 15.5. The molecule has 0 radical (unpaired) electrons. The number of aromatic nitrogens is 2. The standard InChI is InChI=1S/C29H29F3N4O5S2/c1-39-22-8-5-19(26(11-22)40-2)15-36(29-34-17-35-42-29)43(37,38)28-13-24(31)27(12-25(28)32)41-16-20-9-10-33-14-23(20)18-3-6-21(30)7-4-18/h3-8,11-13,17,20,23,33H,9-10,14-16H2,1-2H3/t20-,23-/m0/s1. The molecule has 0 bridgehead atoms. The fourth-order valence-electron chi connectivity index (χ4n) is 5.02. The highest BCUT2D eigenvalue weighted by atomic mass is 32.2. The largest absolute Gasteiger partial charge is 0.497 e. The molecule has 1 saturated heterocycles. The van der Waals surface area contributed by atoms with Crippen LogP contribution in [0.15, 0.2) is 65.8 Å². The highest BCUT2D eigenvalue weighted by Crippen LogP contribution is 2.35. The molecule has 1 aromatic heterocycles. The molecular weight excluding hydrogens is 605 g/mol. The van der Waals surface area contributed by atoms with Gasteiger partial charge in [0.15, 0.2) is 11.6 Å². The molecule has 4 aromatic rings. The van der Waals surface area contributed by atoms with Gasteiger partial charge in [0.05, 0.1) is 27.4 Å². The smallest absolute Gasteiger partial charge is 0.269 e. The lowest BCUT2D eigenvalue weighted by atomic mass is 9.82. The van der Waals surface area contributed by atoms with E-state index in [1.807, 2.05) is 0 Å². The van der Waals surface area contributed by atoms with E-state index in [1.54, 1.807) is 30.3 Å². The van der Waals surface area contributed by atoms with Crippen LogP contribution in [0.2, 0.25) is 0 Å². The fourth-order valence-corrected chi connectivity index (χ4v) is 7.21. The highest BCUT2D eigenvalue weighted by Gasteiger charge is 2.33. The van der Waals surface area contributed by atoms with Crippen LogP contribution in [-0.4, -0.2) is 51.7 Å².